The Bertz CT molecular complexity index is 3120. The van der Waals surface area contributed by atoms with E-state index in [4.69, 9.17) is 4.42 Å². The third-order valence-electron chi connectivity index (χ3n) is 12.4. The van der Waals surface area contributed by atoms with Gasteiger partial charge in [-0.2, -0.15) is 0 Å². The fraction of sp³-hybridized carbons (Fsp3) is 0.115. The van der Waals surface area contributed by atoms with Crippen LogP contribution in [0.2, 0.25) is 0 Å². The van der Waals surface area contributed by atoms with Crippen molar-refractivity contribution in [3.63, 3.8) is 0 Å². The first-order valence-corrected chi connectivity index (χ1v) is 20.2. The lowest BCUT2D eigenvalue weighted by molar-refractivity contribution is 0.364. The van der Waals surface area contributed by atoms with Crippen LogP contribution in [0.1, 0.15) is 59.2 Å². The number of aromatic nitrogens is 2. The number of allylic oxidation sites excluding steroid dienone is 5. The van der Waals surface area contributed by atoms with Crippen LogP contribution < -0.4 is 10.6 Å². The molecule has 3 aliphatic rings. The Morgan fingerprint density at radius 2 is 1.35 bits per heavy atom. The zero-order valence-electron chi connectivity index (χ0n) is 31.4. The normalized spacial score (nSPS) is 18.9. The Kier molecular flexibility index (Phi) is 7.32. The number of fused-ring (bicyclic) bond motifs is 9. The van der Waals surface area contributed by atoms with Crippen LogP contribution in [0.15, 0.2) is 174 Å². The third-order valence-corrected chi connectivity index (χ3v) is 12.4. The Morgan fingerprint density at radius 1 is 0.614 bits per heavy atom. The smallest absolute Gasteiger partial charge is 0.160 e. The molecule has 0 bridgehead atoms. The van der Waals surface area contributed by atoms with Gasteiger partial charge in [0.1, 0.15) is 11.3 Å². The summed E-state index contributed by atoms with van der Waals surface area (Å²) in [5, 5.41) is 12.9. The van der Waals surface area contributed by atoms with Crippen LogP contribution in [0.4, 0.5) is 5.69 Å². The Hall–Kier alpha value is -6.82. The van der Waals surface area contributed by atoms with E-state index < -0.39 is 0 Å². The van der Waals surface area contributed by atoms with Gasteiger partial charge >= 0.3 is 0 Å². The molecule has 57 heavy (non-hydrogen) atoms. The lowest BCUT2D eigenvalue weighted by Crippen LogP contribution is -2.40. The van der Waals surface area contributed by atoms with Crippen molar-refractivity contribution < 1.29 is 4.42 Å². The van der Waals surface area contributed by atoms with Crippen LogP contribution in [0.5, 0.6) is 0 Å². The second-order valence-corrected chi connectivity index (χ2v) is 15.6. The highest BCUT2D eigenvalue weighted by Crippen LogP contribution is 2.45. The Balaban J connectivity index is 0.980. The summed E-state index contributed by atoms with van der Waals surface area (Å²) in [6, 6.07) is 52.7. The number of hydrogen-bond acceptors (Lipinski definition) is 3. The summed E-state index contributed by atoms with van der Waals surface area (Å²) in [6.45, 7) is 0. The average Bonchev–Trinajstić information content (AvgIpc) is 3.94. The SMILES string of the molecule is C1=Cc2c(c3ccc(-c4ccc5c(c4)c4ccccc4n5C4=CCC(c5ccccc5)C=C4)cc3n2C2Nc3c(oc4ccccc34)C(c3ccccc3)N2)CC1. The first kappa shape index (κ1) is 32.4. The highest BCUT2D eigenvalue weighted by Gasteiger charge is 2.35. The van der Waals surface area contributed by atoms with Gasteiger partial charge < -0.3 is 18.9 Å². The van der Waals surface area contributed by atoms with Gasteiger partial charge in [-0.15, -0.1) is 0 Å². The molecule has 0 amide bonds. The van der Waals surface area contributed by atoms with Crippen LogP contribution in [-0.4, -0.2) is 9.13 Å². The van der Waals surface area contributed by atoms with Crippen molar-refractivity contribution in [2.75, 3.05) is 5.32 Å². The van der Waals surface area contributed by atoms with Crippen molar-refractivity contribution in [3.05, 3.63) is 198 Å². The molecule has 0 spiro atoms. The van der Waals surface area contributed by atoms with Gasteiger partial charge in [-0.1, -0.05) is 127 Å². The second-order valence-electron chi connectivity index (χ2n) is 15.6. The minimum Gasteiger partial charge on any atom is -0.457 e. The zero-order chi connectivity index (χ0) is 37.5. The Labute approximate surface area is 330 Å². The van der Waals surface area contributed by atoms with Gasteiger partial charge in [-0.3, -0.25) is 5.32 Å². The molecule has 3 aromatic heterocycles. The molecular weight excluding hydrogens is 697 g/mol. The molecule has 12 rings (SSSR count). The van der Waals surface area contributed by atoms with Crippen LogP contribution in [0, 0.1) is 0 Å². The molecule has 5 heteroatoms. The number of hydrogen-bond donors (Lipinski definition) is 2. The van der Waals surface area contributed by atoms with Gasteiger partial charge in [0.15, 0.2) is 6.29 Å². The highest BCUT2D eigenvalue weighted by atomic mass is 16.3. The number of nitrogens with one attached hydrogen (secondary N) is 2. The maximum absolute atomic E-state index is 6.57. The van der Waals surface area contributed by atoms with Gasteiger partial charge in [0.2, 0.25) is 0 Å². The molecule has 1 aliphatic heterocycles. The van der Waals surface area contributed by atoms with E-state index in [1.807, 2.05) is 6.07 Å². The lowest BCUT2D eigenvalue weighted by Gasteiger charge is -2.34. The number of furan rings is 1. The number of anilines is 1. The van der Waals surface area contributed by atoms with E-state index in [1.165, 1.54) is 71.9 Å². The lowest BCUT2D eigenvalue weighted by atomic mass is 9.92. The quantitative estimate of drug-likeness (QED) is 0.185. The fourth-order valence-corrected chi connectivity index (χ4v) is 9.74. The maximum atomic E-state index is 6.57. The van der Waals surface area contributed by atoms with Crippen LogP contribution in [0.25, 0.3) is 66.6 Å². The second kappa shape index (κ2) is 12.9. The van der Waals surface area contributed by atoms with Crippen LogP contribution in [-0.2, 0) is 6.42 Å². The summed E-state index contributed by atoms with van der Waals surface area (Å²) in [6.07, 6.45) is 14.5. The number of rotatable bonds is 5. The average molecular weight is 737 g/mol. The number of benzene rings is 6. The summed E-state index contributed by atoms with van der Waals surface area (Å²) in [5.41, 5.74) is 14.5. The predicted molar refractivity (Wildman–Crippen MR) is 235 cm³/mol. The van der Waals surface area contributed by atoms with E-state index in [2.05, 4.69) is 190 Å². The molecule has 0 fully saturated rings. The molecule has 2 aliphatic carbocycles. The first-order valence-electron chi connectivity index (χ1n) is 20.2. The molecule has 274 valence electrons. The van der Waals surface area contributed by atoms with Crippen molar-refractivity contribution in [2.45, 2.75) is 37.5 Å². The van der Waals surface area contributed by atoms with Crippen molar-refractivity contribution in [1.29, 1.82) is 0 Å². The molecule has 2 N–H and O–H groups in total. The van der Waals surface area contributed by atoms with Gasteiger partial charge in [-0.25, -0.2) is 0 Å². The van der Waals surface area contributed by atoms with Crippen molar-refractivity contribution in [3.8, 4) is 11.1 Å². The van der Waals surface area contributed by atoms with Crippen molar-refractivity contribution in [1.82, 2.24) is 14.5 Å². The topological polar surface area (TPSA) is 47.1 Å². The molecule has 5 nitrogen and oxygen atoms in total. The number of para-hydroxylation sites is 2. The van der Waals surface area contributed by atoms with E-state index in [0.717, 1.165) is 41.7 Å². The largest absolute Gasteiger partial charge is 0.457 e. The third kappa shape index (κ3) is 5.12. The van der Waals surface area contributed by atoms with Crippen LogP contribution >= 0.6 is 0 Å². The van der Waals surface area contributed by atoms with E-state index in [-0.39, 0.29) is 12.3 Å². The summed E-state index contributed by atoms with van der Waals surface area (Å²) in [5.74, 6) is 1.32. The summed E-state index contributed by atoms with van der Waals surface area (Å²) < 4.78 is 11.5. The monoisotopic (exact) mass is 736 g/mol. The van der Waals surface area contributed by atoms with Crippen LogP contribution in [0.3, 0.4) is 0 Å². The zero-order valence-corrected chi connectivity index (χ0v) is 31.4. The minimum absolute atomic E-state index is 0.123. The molecular formula is C52H40N4O. The summed E-state index contributed by atoms with van der Waals surface area (Å²) in [4.78, 5) is 0. The standard InChI is InChI=1S/C52H40N4O/c1-3-13-33(14-4-1)34-23-27-38(28-24-34)55-44-20-10-8-18-40(44)43-31-36(26-30-46(43)55)37-25-29-41-39-17-7-11-21-45(39)56(47(41)32-37)52-53-49(35-15-5-2-6-16-35)51-50(54-52)42-19-9-12-22-48(42)57-51/h1-6,8-16,18-23,25-32,34,49,52-54H,7,17,24H2. The highest BCUT2D eigenvalue weighted by molar-refractivity contribution is 6.12. The molecule has 3 unspecified atom stereocenters. The van der Waals surface area contributed by atoms with Crippen molar-refractivity contribution in [2.24, 2.45) is 0 Å². The molecule has 3 atom stereocenters. The molecule has 0 saturated carbocycles. The molecule has 6 aromatic carbocycles. The van der Waals surface area contributed by atoms with Crippen molar-refractivity contribution >= 4 is 61.1 Å². The Morgan fingerprint density at radius 3 is 2.19 bits per heavy atom. The van der Waals surface area contributed by atoms with Gasteiger partial charge in [0.05, 0.1) is 28.3 Å². The van der Waals surface area contributed by atoms with E-state index in [9.17, 15) is 0 Å². The van der Waals surface area contributed by atoms with Gasteiger partial charge in [-0.05, 0) is 95.6 Å². The first-order chi connectivity index (χ1) is 28.3. The fourth-order valence-electron chi connectivity index (χ4n) is 9.74. The maximum Gasteiger partial charge on any atom is 0.160 e. The summed E-state index contributed by atoms with van der Waals surface area (Å²) in [7, 11) is 0. The number of nitrogens with zero attached hydrogens (tertiary/aromatic N) is 2. The van der Waals surface area contributed by atoms with Gasteiger partial charge in [0, 0.05) is 38.9 Å². The number of aryl methyl sites for hydroxylation is 1. The van der Waals surface area contributed by atoms with E-state index >= 15 is 0 Å². The molecule has 0 saturated heterocycles. The predicted octanol–water partition coefficient (Wildman–Crippen LogP) is 13.0. The molecule has 4 heterocycles. The van der Waals surface area contributed by atoms with E-state index in [0.29, 0.717) is 5.92 Å². The molecule has 0 radical (unpaired) electrons. The molecule has 9 aromatic rings. The van der Waals surface area contributed by atoms with Gasteiger partial charge in [0.25, 0.3) is 0 Å². The minimum atomic E-state index is -0.216. The summed E-state index contributed by atoms with van der Waals surface area (Å²) >= 11 is 0. The van der Waals surface area contributed by atoms with E-state index in [1.54, 1.807) is 0 Å².